The van der Waals surface area contributed by atoms with Gasteiger partial charge in [0.05, 0.1) is 17.1 Å². The molecule has 0 spiro atoms. The molecule has 1 aromatic heterocycles. The summed E-state index contributed by atoms with van der Waals surface area (Å²) in [5.74, 6) is 0.476. The fourth-order valence-corrected chi connectivity index (χ4v) is 3.80. The zero-order valence-corrected chi connectivity index (χ0v) is 17.2. The summed E-state index contributed by atoms with van der Waals surface area (Å²) in [4.78, 5) is 15.3. The van der Waals surface area contributed by atoms with E-state index in [0.29, 0.717) is 17.3 Å². The van der Waals surface area contributed by atoms with Crippen LogP contribution in [0.4, 0.5) is 0 Å². The molecule has 0 aliphatic carbocycles. The third kappa shape index (κ3) is 4.73. The van der Waals surface area contributed by atoms with Gasteiger partial charge in [0.25, 0.3) is 0 Å². The molecule has 1 heterocycles. The Morgan fingerprint density at radius 3 is 2.44 bits per heavy atom. The molecular weight excluding hydrogens is 378 g/mol. The Morgan fingerprint density at radius 1 is 1.11 bits per heavy atom. The Labute approximate surface area is 169 Å². The summed E-state index contributed by atoms with van der Waals surface area (Å²) in [5, 5.41) is 5.35. The summed E-state index contributed by atoms with van der Waals surface area (Å²) >= 11 is 7.41. The van der Waals surface area contributed by atoms with E-state index in [2.05, 4.69) is 5.10 Å². The number of amides is 1. The van der Waals surface area contributed by atoms with Crippen molar-refractivity contribution < 1.29 is 4.79 Å². The predicted octanol–water partition coefficient (Wildman–Crippen LogP) is 4.89. The second-order valence-electron chi connectivity index (χ2n) is 6.39. The maximum atomic E-state index is 12.5. The average molecular weight is 400 g/mol. The van der Waals surface area contributed by atoms with Gasteiger partial charge in [-0.05, 0) is 50.2 Å². The molecule has 0 aliphatic rings. The molecule has 140 valence electrons. The lowest BCUT2D eigenvalue weighted by atomic mass is 10.2. The lowest BCUT2D eigenvalue weighted by Crippen LogP contribution is -2.28. The number of para-hydroxylation sites is 1. The molecule has 0 radical (unpaired) electrons. The van der Waals surface area contributed by atoms with E-state index in [1.54, 1.807) is 4.90 Å². The zero-order valence-electron chi connectivity index (χ0n) is 15.6. The van der Waals surface area contributed by atoms with Crippen LogP contribution in [0.2, 0.25) is 5.02 Å². The molecule has 0 unspecified atom stereocenters. The normalized spacial score (nSPS) is 10.8. The van der Waals surface area contributed by atoms with Gasteiger partial charge in [-0.15, -0.1) is 11.8 Å². The van der Waals surface area contributed by atoms with Gasteiger partial charge >= 0.3 is 0 Å². The molecule has 0 atom stereocenters. The quantitative estimate of drug-likeness (QED) is 0.553. The van der Waals surface area contributed by atoms with Crippen molar-refractivity contribution in [2.45, 2.75) is 25.3 Å². The lowest BCUT2D eigenvalue weighted by Gasteiger charge is -2.17. The highest BCUT2D eigenvalue weighted by Gasteiger charge is 2.17. The molecule has 0 fully saturated rings. The molecule has 6 heteroatoms. The van der Waals surface area contributed by atoms with Gasteiger partial charge in [-0.3, -0.25) is 4.79 Å². The van der Waals surface area contributed by atoms with Crippen molar-refractivity contribution in [3.63, 3.8) is 0 Å². The average Bonchev–Trinajstić information content (AvgIpc) is 2.96. The van der Waals surface area contributed by atoms with Crippen molar-refractivity contribution in [1.82, 2.24) is 14.7 Å². The number of carbonyl (C=O) groups excluding carboxylic acids is 1. The van der Waals surface area contributed by atoms with Gasteiger partial charge in [0, 0.05) is 34.8 Å². The van der Waals surface area contributed by atoms with E-state index in [1.165, 1.54) is 11.8 Å². The smallest absolute Gasteiger partial charge is 0.232 e. The van der Waals surface area contributed by atoms with Gasteiger partial charge in [0.15, 0.2) is 0 Å². The molecule has 2 aromatic carbocycles. The number of rotatable bonds is 6. The minimum absolute atomic E-state index is 0.0845. The molecule has 3 rings (SSSR count). The fraction of sp³-hybridized carbons (Fsp3) is 0.238. The van der Waals surface area contributed by atoms with Crippen molar-refractivity contribution in [2.24, 2.45) is 0 Å². The third-order valence-electron chi connectivity index (χ3n) is 4.44. The Balaban J connectivity index is 1.66. The Hall–Kier alpha value is -2.24. The molecule has 0 N–H and O–H groups in total. The van der Waals surface area contributed by atoms with E-state index in [1.807, 2.05) is 80.2 Å². The summed E-state index contributed by atoms with van der Waals surface area (Å²) in [6, 6.07) is 17.6. The number of halogens is 1. The summed E-state index contributed by atoms with van der Waals surface area (Å²) in [6.07, 6.45) is 0. The Morgan fingerprint density at radius 2 is 1.78 bits per heavy atom. The van der Waals surface area contributed by atoms with Crippen LogP contribution in [-0.2, 0) is 11.3 Å². The van der Waals surface area contributed by atoms with Crippen molar-refractivity contribution in [3.8, 4) is 5.69 Å². The lowest BCUT2D eigenvalue weighted by molar-refractivity contribution is -0.127. The molecular formula is C21H22ClN3OS. The molecule has 1 amide bonds. The summed E-state index contributed by atoms with van der Waals surface area (Å²) in [6.45, 7) is 4.58. The standard InChI is InChI=1S/C21H22ClN3OS/c1-15-20(16(2)25(23-15)18-7-5-4-6-8-18)13-24(3)21(26)14-27-19-11-9-17(22)10-12-19/h4-12H,13-14H2,1-3H3. The van der Waals surface area contributed by atoms with Crippen LogP contribution in [0.25, 0.3) is 5.69 Å². The number of hydrogen-bond acceptors (Lipinski definition) is 3. The van der Waals surface area contributed by atoms with Crippen molar-refractivity contribution in [3.05, 3.63) is 76.6 Å². The van der Waals surface area contributed by atoms with Crippen LogP contribution in [-0.4, -0.2) is 33.4 Å². The molecule has 0 aliphatic heterocycles. The summed E-state index contributed by atoms with van der Waals surface area (Å²) in [5.41, 5.74) is 4.12. The van der Waals surface area contributed by atoms with Crippen LogP contribution in [0, 0.1) is 13.8 Å². The van der Waals surface area contributed by atoms with Crippen LogP contribution in [0.1, 0.15) is 17.0 Å². The van der Waals surface area contributed by atoms with Gasteiger partial charge in [-0.1, -0.05) is 29.8 Å². The number of nitrogens with zero attached hydrogens (tertiary/aromatic N) is 3. The van der Waals surface area contributed by atoms with Crippen molar-refractivity contribution >= 4 is 29.3 Å². The number of benzene rings is 2. The van der Waals surface area contributed by atoms with Crippen molar-refractivity contribution in [1.29, 1.82) is 0 Å². The molecule has 0 bridgehead atoms. The van der Waals surface area contributed by atoms with Crippen LogP contribution in [0.5, 0.6) is 0 Å². The highest BCUT2D eigenvalue weighted by Crippen LogP contribution is 2.22. The largest absolute Gasteiger partial charge is 0.341 e. The first-order chi connectivity index (χ1) is 13.0. The number of aryl methyl sites for hydroxylation is 1. The first-order valence-electron chi connectivity index (χ1n) is 8.68. The molecule has 3 aromatic rings. The topological polar surface area (TPSA) is 38.1 Å². The molecule has 4 nitrogen and oxygen atoms in total. The number of hydrogen-bond donors (Lipinski definition) is 0. The van der Waals surface area contributed by atoms with Gasteiger partial charge in [0.2, 0.25) is 5.91 Å². The second-order valence-corrected chi connectivity index (χ2v) is 7.87. The predicted molar refractivity (Wildman–Crippen MR) is 112 cm³/mol. The van der Waals surface area contributed by atoms with Crippen LogP contribution < -0.4 is 0 Å². The minimum Gasteiger partial charge on any atom is -0.341 e. The fourth-order valence-electron chi connectivity index (χ4n) is 2.84. The minimum atomic E-state index is 0.0845. The first-order valence-corrected chi connectivity index (χ1v) is 10.0. The van der Waals surface area contributed by atoms with Crippen molar-refractivity contribution in [2.75, 3.05) is 12.8 Å². The number of carbonyl (C=O) groups is 1. The monoisotopic (exact) mass is 399 g/mol. The van der Waals surface area contributed by atoms with E-state index >= 15 is 0 Å². The maximum Gasteiger partial charge on any atom is 0.232 e. The summed E-state index contributed by atoms with van der Waals surface area (Å²) < 4.78 is 1.94. The highest BCUT2D eigenvalue weighted by atomic mass is 35.5. The van der Waals surface area contributed by atoms with E-state index in [-0.39, 0.29) is 5.91 Å². The number of aromatic nitrogens is 2. The zero-order chi connectivity index (χ0) is 19.4. The van der Waals surface area contributed by atoms with E-state index in [9.17, 15) is 4.79 Å². The maximum absolute atomic E-state index is 12.5. The first kappa shape index (κ1) is 19.5. The van der Waals surface area contributed by atoms with E-state index in [4.69, 9.17) is 11.6 Å². The third-order valence-corrected chi connectivity index (χ3v) is 5.69. The van der Waals surface area contributed by atoms with Crippen LogP contribution in [0.3, 0.4) is 0 Å². The van der Waals surface area contributed by atoms with Gasteiger partial charge in [0.1, 0.15) is 0 Å². The van der Waals surface area contributed by atoms with Crippen LogP contribution in [0.15, 0.2) is 59.5 Å². The Bertz CT molecular complexity index is 923. The van der Waals surface area contributed by atoms with Gasteiger partial charge in [-0.2, -0.15) is 5.10 Å². The Kier molecular flexibility index (Phi) is 6.24. The SMILES string of the molecule is Cc1nn(-c2ccccc2)c(C)c1CN(C)C(=O)CSc1ccc(Cl)cc1. The number of thioether (sulfide) groups is 1. The molecule has 0 saturated heterocycles. The molecule has 0 saturated carbocycles. The molecule has 27 heavy (non-hydrogen) atoms. The van der Waals surface area contributed by atoms with E-state index in [0.717, 1.165) is 27.5 Å². The van der Waals surface area contributed by atoms with Crippen LogP contribution >= 0.6 is 23.4 Å². The van der Waals surface area contributed by atoms with Gasteiger partial charge in [-0.25, -0.2) is 4.68 Å². The van der Waals surface area contributed by atoms with Gasteiger partial charge < -0.3 is 4.90 Å². The second kappa shape index (κ2) is 8.63. The highest BCUT2D eigenvalue weighted by molar-refractivity contribution is 8.00. The summed E-state index contributed by atoms with van der Waals surface area (Å²) in [7, 11) is 1.84. The van der Waals surface area contributed by atoms with E-state index < -0.39 is 0 Å².